The van der Waals surface area contributed by atoms with Crippen molar-refractivity contribution in [3.8, 4) is 0 Å². The molecule has 1 aliphatic carbocycles. The first-order chi connectivity index (χ1) is 21.0. The maximum absolute atomic E-state index is 13.9. The molecule has 3 aromatic carbocycles. The first-order valence-corrected chi connectivity index (χ1v) is 16.7. The number of aliphatic hydroxyl groups is 2. The molecule has 0 aliphatic heterocycles. The molecule has 8 heteroatoms. The van der Waals surface area contributed by atoms with E-state index in [-0.39, 0.29) is 37.1 Å². The van der Waals surface area contributed by atoms with Crippen molar-refractivity contribution in [1.29, 1.82) is 0 Å². The van der Waals surface area contributed by atoms with Crippen molar-refractivity contribution < 1.29 is 19.2 Å². The van der Waals surface area contributed by atoms with Gasteiger partial charge in [-0.2, -0.15) is 0 Å². The number of amides is 1. The number of benzene rings is 3. The average molecular weight is 606 g/mol. The van der Waals surface area contributed by atoms with Gasteiger partial charge in [0.05, 0.1) is 24.2 Å². The summed E-state index contributed by atoms with van der Waals surface area (Å²) in [5.74, 6) is 0.331. The topological polar surface area (TPSA) is 102 Å². The Morgan fingerprint density at radius 2 is 1.53 bits per heavy atom. The van der Waals surface area contributed by atoms with Crippen LogP contribution in [-0.2, 0) is 22.4 Å². The third-order valence-electron chi connectivity index (χ3n) is 8.40. The predicted octanol–water partition coefficient (Wildman–Crippen LogP) is 4.76. The maximum atomic E-state index is 13.9. The summed E-state index contributed by atoms with van der Waals surface area (Å²) in [4.78, 5) is 14.5. The molecule has 4 unspecified atom stereocenters. The van der Waals surface area contributed by atoms with E-state index in [0.29, 0.717) is 23.8 Å². The number of likely N-dealkylation sites (N-methyl/N-ethyl adjacent to an activating group) is 1. The van der Waals surface area contributed by atoms with Crippen LogP contribution in [0.15, 0.2) is 89.8 Å². The van der Waals surface area contributed by atoms with Crippen LogP contribution in [0.2, 0.25) is 0 Å². The van der Waals surface area contributed by atoms with Crippen molar-refractivity contribution in [2.24, 2.45) is 5.92 Å². The summed E-state index contributed by atoms with van der Waals surface area (Å²) in [6.45, 7) is 2.51. The average Bonchev–Trinajstić information content (AvgIpc) is 3.90. The Labute approximate surface area is 259 Å². The van der Waals surface area contributed by atoms with Crippen LogP contribution < -0.4 is 10.6 Å². The highest BCUT2D eigenvalue weighted by atomic mass is 32.2. The number of aliphatic hydroxyl groups excluding tert-OH is 2. The minimum atomic E-state index is -1.42. The lowest BCUT2D eigenvalue weighted by Crippen LogP contribution is -2.50. The van der Waals surface area contributed by atoms with Crippen LogP contribution in [0.4, 0.5) is 0 Å². The highest BCUT2D eigenvalue weighted by Gasteiger charge is 2.36. The molecule has 1 amide bonds. The molecule has 1 fully saturated rings. The lowest BCUT2D eigenvalue weighted by atomic mass is 9.84. The smallest absolute Gasteiger partial charge is 0.238 e. The quantitative estimate of drug-likeness (QED) is 0.168. The number of carbonyl (C=O) groups is 1. The number of hydrogen-bond donors (Lipinski definition) is 4. The third kappa shape index (κ3) is 9.06. The summed E-state index contributed by atoms with van der Waals surface area (Å²) < 4.78 is 15.4. The van der Waals surface area contributed by atoms with Crippen LogP contribution in [0.5, 0.6) is 0 Å². The highest BCUT2D eigenvalue weighted by Crippen LogP contribution is 2.36. The number of rotatable bonds is 18. The predicted molar refractivity (Wildman–Crippen MR) is 173 cm³/mol. The molecule has 0 bridgehead atoms. The molecule has 232 valence electrons. The lowest BCUT2D eigenvalue weighted by molar-refractivity contribution is -0.124. The molecule has 1 aliphatic rings. The second kappa shape index (κ2) is 16.8. The van der Waals surface area contributed by atoms with Gasteiger partial charge in [-0.25, -0.2) is 8.51 Å². The van der Waals surface area contributed by atoms with Gasteiger partial charge in [-0.1, -0.05) is 79.7 Å². The molecule has 4 N–H and O–H groups in total. The van der Waals surface area contributed by atoms with E-state index in [1.54, 1.807) is 24.3 Å². The second-order valence-corrected chi connectivity index (χ2v) is 12.9. The van der Waals surface area contributed by atoms with Crippen LogP contribution in [-0.4, -0.2) is 63.0 Å². The van der Waals surface area contributed by atoms with Crippen molar-refractivity contribution in [2.75, 3.05) is 20.2 Å². The van der Waals surface area contributed by atoms with Crippen LogP contribution in [0, 0.1) is 5.92 Å². The Morgan fingerprint density at radius 1 is 0.930 bits per heavy atom. The van der Waals surface area contributed by atoms with E-state index in [4.69, 9.17) is 0 Å². The molecule has 3 aromatic rings. The van der Waals surface area contributed by atoms with Crippen LogP contribution >= 0.6 is 0 Å². The van der Waals surface area contributed by atoms with Crippen molar-refractivity contribution >= 4 is 16.9 Å². The largest absolute Gasteiger partial charge is 0.395 e. The van der Waals surface area contributed by atoms with Gasteiger partial charge in [0, 0.05) is 24.5 Å². The maximum Gasteiger partial charge on any atom is 0.238 e. The van der Waals surface area contributed by atoms with E-state index in [0.717, 1.165) is 48.8 Å². The van der Waals surface area contributed by atoms with Crippen molar-refractivity contribution in [3.63, 3.8) is 0 Å². The fourth-order valence-electron chi connectivity index (χ4n) is 5.91. The molecule has 0 aromatic heterocycles. The summed E-state index contributed by atoms with van der Waals surface area (Å²) in [6, 6.07) is 26.9. The fraction of sp³-hybridized carbons (Fsp3) is 0.457. The van der Waals surface area contributed by atoms with E-state index in [1.165, 1.54) is 0 Å². The number of nitrogens with zero attached hydrogens (tertiary/aromatic N) is 1. The highest BCUT2D eigenvalue weighted by molar-refractivity contribution is 7.82. The molecule has 0 spiro atoms. The Morgan fingerprint density at radius 3 is 2.02 bits per heavy atom. The van der Waals surface area contributed by atoms with E-state index in [1.807, 2.05) is 54.7 Å². The van der Waals surface area contributed by atoms with Gasteiger partial charge in [0.15, 0.2) is 0 Å². The number of nitrogens with one attached hydrogen (secondary N) is 2. The Hall–Kier alpha value is -2.88. The molecule has 4 rings (SSSR count). The SMILES string of the molecule is CCCN(C(CO)CCCC(NC(=O)C(NC)C(c1ccccc1)c1ccccc1)C1CC1)S(=O)c1ccc(CO)cc1. The van der Waals surface area contributed by atoms with E-state index < -0.39 is 17.0 Å². The Bertz CT molecular complexity index is 1230. The third-order valence-corrected chi connectivity index (χ3v) is 9.98. The van der Waals surface area contributed by atoms with Gasteiger partial charge in [0.2, 0.25) is 5.91 Å². The first-order valence-electron chi connectivity index (χ1n) is 15.6. The van der Waals surface area contributed by atoms with Crippen LogP contribution in [0.1, 0.15) is 68.1 Å². The zero-order valence-electron chi connectivity index (χ0n) is 25.4. The lowest BCUT2D eigenvalue weighted by Gasteiger charge is -2.31. The van der Waals surface area contributed by atoms with Crippen molar-refractivity contribution in [1.82, 2.24) is 14.9 Å². The molecular weight excluding hydrogens is 558 g/mol. The van der Waals surface area contributed by atoms with Gasteiger partial charge in [0.1, 0.15) is 11.0 Å². The van der Waals surface area contributed by atoms with Crippen molar-refractivity contribution in [3.05, 3.63) is 102 Å². The monoisotopic (exact) mass is 605 g/mol. The summed E-state index contributed by atoms with van der Waals surface area (Å²) in [5.41, 5.74) is 2.95. The molecular formula is C35H47N3O4S. The molecule has 7 nitrogen and oxygen atoms in total. The van der Waals surface area contributed by atoms with Gasteiger partial charge >= 0.3 is 0 Å². The van der Waals surface area contributed by atoms with Gasteiger partial charge < -0.3 is 20.8 Å². The summed E-state index contributed by atoms with van der Waals surface area (Å²) in [6.07, 6.45) is 5.32. The summed E-state index contributed by atoms with van der Waals surface area (Å²) in [5, 5.41) is 26.4. The van der Waals surface area contributed by atoms with Gasteiger partial charge in [-0.05, 0) is 80.3 Å². The Kier molecular flexibility index (Phi) is 12.9. The fourth-order valence-corrected chi connectivity index (χ4v) is 7.34. The van der Waals surface area contributed by atoms with Gasteiger partial charge in [-0.3, -0.25) is 4.79 Å². The molecule has 0 radical (unpaired) electrons. The van der Waals surface area contributed by atoms with E-state index in [2.05, 4.69) is 34.9 Å². The van der Waals surface area contributed by atoms with Crippen LogP contribution in [0.3, 0.4) is 0 Å². The minimum absolute atomic E-state index is 0.00384. The van der Waals surface area contributed by atoms with E-state index >= 15 is 0 Å². The number of carbonyl (C=O) groups excluding carboxylic acids is 1. The van der Waals surface area contributed by atoms with Gasteiger partial charge in [0.25, 0.3) is 0 Å². The van der Waals surface area contributed by atoms with Gasteiger partial charge in [-0.15, -0.1) is 0 Å². The standard InChI is InChI=1S/C35H47N3O4S/c1-3-23-38(43(42)31-21-17-26(24-39)18-22-31)30(25-40)15-10-16-32(27-19-20-27)37-35(41)34(36-2)33(28-11-6-4-7-12-28)29-13-8-5-9-14-29/h4-9,11-14,17-18,21-22,27,30,32-34,36,39-40H,3,10,15-16,19-20,23-25H2,1-2H3,(H,37,41). The number of hydrogen-bond acceptors (Lipinski definition) is 5. The van der Waals surface area contributed by atoms with Crippen molar-refractivity contribution in [2.45, 2.75) is 81.0 Å². The second-order valence-electron chi connectivity index (χ2n) is 11.5. The molecule has 1 saturated carbocycles. The zero-order valence-corrected chi connectivity index (χ0v) is 26.2. The summed E-state index contributed by atoms with van der Waals surface area (Å²) >= 11 is 0. The summed E-state index contributed by atoms with van der Waals surface area (Å²) in [7, 11) is 0.431. The molecule has 0 heterocycles. The zero-order chi connectivity index (χ0) is 30.6. The van der Waals surface area contributed by atoms with E-state index in [9.17, 15) is 19.2 Å². The molecule has 4 atom stereocenters. The first kappa shape index (κ1) is 33.0. The van der Waals surface area contributed by atoms with Crippen LogP contribution in [0.25, 0.3) is 0 Å². The Balaban J connectivity index is 1.42. The molecule has 0 saturated heterocycles. The minimum Gasteiger partial charge on any atom is -0.395 e. The molecule has 43 heavy (non-hydrogen) atoms. The normalized spacial score (nSPS) is 16.1.